The lowest BCUT2D eigenvalue weighted by atomic mass is 10.1. The summed E-state index contributed by atoms with van der Waals surface area (Å²) in [5.74, 6) is -1.15. The van der Waals surface area contributed by atoms with Crippen LogP contribution < -0.4 is 10.6 Å². The first-order valence-corrected chi connectivity index (χ1v) is 6.79. The summed E-state index contributed by atoms with van der Waals surface area (Å²) in [6.45, 7) is 3.50. The Morgan fingerprint density at radius 3 is 2.76 bits per heavy atom. The average Bonchev–Trinajstić information content (AvgIpc) is 2.86. The van der Waals surface area contributed by atoms with Gasteiger partial charge in [-0.1, -0.05) is 17.7 Å². The van der Waals surface area contributed by atoms with E-state index >= 15 is 0 Å². The molecule has 1 aromatic carbocycles. The molecule has 0 aromatic heterocycles. The maximum Gasteiger partial charge on any atom is 0.329 e. The van der Waals surface area contributed by atoms with Crippen molar-refractivity contribution in [2.45, 2.75) is 32.7 Å². The minimum absolute atomic E-state index is 0.170. The van der Waals surface area contributed by atoms with Gasteiger partial charge in [0.05, 0.1) is 0 Å². The van der Waals surface area contributed by atoms with Crippen molar-refractivity contribution >= 4 is 23.5 Å². The molecule has 0 unspecified atom stereocenters. The number of amides is 2. The van der Waals surface area contributed by atoms with Crippen molar-refractivity contribution in [3.8, 4) is 0 Å². The third-order valence-corrected chi connectivity index (χ3v) is 3.28. The van der Waals surface area contributed by atoms with Crippen LogP contribution in [0, 0.1) is 13.8 Å². The van der Waals surface area contributed by atoms with E-state index in [2.05, 4.69) is 10.6 Å². The van der Waals surface area contributed by atoms with Crippen LogP contribution in [0.2, 0.25) is 0 Å². The summed E-state index contributed by atoms with van der Waals surface area (Å²) < 4.78 is 4.91. The zero-order chi connectivity index (χ0) is 15.4. The molecule has 0 saturated carbocycles. The minimum atomic E-state index is -0.633. The minimum Gasteiger partial charge on any atom is -0.454 e. The number of carbonyl (C=O) groups excluding carboxylic acids is 3. The molecule has 2 amide bonds. The summed E-state index contributed by atoms with van der Waals surface area (Å²) in [6, 6.07) is 5.02. The number of aryl methyl sites for hydroxylation is 2. The van der Waals surface area contributed by atoms with E-state index in [4.69, 9.17) is 4.74 Å². The number of rotatable bonds is 4. The molecule has 21 heavy (non-hydrogen) atoms. The second kappa shape index (κ2) is 6.39. The van der Waals surface area contributed by atoms with Gasteiger partial charge in [-0.05, 0) is 31.9 Å². The molecule has 1 heterocycles. The standard InChI is InChI=1S/C15H18N2O4/c1-9-3-4-11(10(2)7-9)16-14(19)8-21-15(20)12-5-6-13(18)17-12/h3-4,7,12H,5-6,8H2,1-2H3,(H,16,19)(H,17,18)/t12-/m1/s1. The van der Waals surface area contributed by atoms with Gasteiger partial charge in [0, 0.05) is 12.1 Å². The maximum atomic E-state index is 11.8. The largest absolute Gasteiger partial charge is 0.454 e. The van der Waals surface area contributed by atoms with Crippen LogP contribution in [0.1, 0.15) is 24.0 Å². The van der Waals surface area contributed by atoms with Crippen molar-refractivity contribution in [1.29, 1.82) is 0 Å². The summed E-state index contributed by atoms with van der Waals surface area (Å²) in [5, 5.41) is 5.19. The molecule has 0 bridgehead atoms. The summed E-state index contributed by atoms with van der Waals surface area (Å²) in [4.78, 5) is 34.4. The van der Waals surface area contributed by atoms with E-state index in [1.807, 2.05) is 32.0 Å². The lowest BCUT2D eigenvalue weighted by Gasteiger charge is -2.11. The van der Waals surface area contributed by atoms with Crippen LogP contribution in [0.4, 0.5) is 5.69 Å². The van der Waals surface area contributed by atoms with Gasteiger partial charge in [-0.25, -0.2) is 4.79 Å². The molecule has 2 rings (SSSR count). The fourth-order valence-electron chi connectivity index (χ4n) is 2.17. The Balaban J connectivity index is 1.82. The summed E-state index contributed by atoms with van der Waals surface area (Å²) >= 11 is 0. The van der Waals surface area contributed by atoms with Crippen molar-refractivity contribution in [2.75, 3.05) is 11.9 Å². The van der Waals surface area contributed by atoms with Gasteiger partial charge in [-0.15, -0.1) is 0 Å². The van der Waals surface area contributed by atoms with E-state index in [0.29, 0.717) is 18.5 Å². The first-order valence-electron chi connectivity index (χ1n) is 6.79. The summed E-state index contributed by atoms with van der Waals surface area (Å²) in [6.07, 6.45) is 0.727. The van der Waals surface area contributed by atoms with Gasteiger partial charge in [-0.2, -0.15) is 0 Å². The Labute approximate surface area is 122 Å². The van der Waals surface area contributed by atoms with Crippen molar-refractivity contribution in [3.05, 3.63) is 29.3 Å². The molecule has 112 valence electrons. The number of hydrogen-bond acceptors (Lipinski definition) is 4. The van der Waals surface area contributed by atoms with Crippen molar-refractivity contribution in [1.82, 2.24) is 5.32 Å². The van der Waals surface area contributed by atoms with Crippen LogP contribution in [0.15, 0.2) is 18.2 Å². The number of hydrogen-bond donors (Lipinski definition) is 2. The Kier molecular flexibility index (Phi) is 4.57. The van der Waals surface area contributed by atoms with Crippen LogP contribution in [-0.2, 0) is 19.1 Å². The van der Waals surface area contributed by atoms with E-state index in [1.54, 1.807) is 0 Å². The van der Waals surface area contributed by atoms with Gasteiger partial charge in [0.15, 0.2) is 6.61 Å². The Morgan fingerprint density at radius 1 is 1.38 bits per heavy atom. The van der Waals surface area contributed by atoms with Gasteiger partial charge in [-0.3, -0.25) is 9.59 Å². The molecule has 2 N–H and O–H groups in total. The molecule has 1 aliphatic heterocycles. The van der Waals surface area contributed by atoms with E-state index in [0.717, 1.165) is 11.1 Å². The SMILES string of the molecule is Cc1ccc(NC(=O)COC(=O)[C@H]2CCC(=O)N2)c(C)c1. The number of ether oxygens (including phenoxy) is 1. The lowest BCUT2D eigenvalue weighted by molar-refractivity contribution is -0.149. The van der Waals surface area contributed by atoms with Crippen molar-refractivity contribution in [2.24, 2.45) is 0 Å². The molecule has 1 saturated heterocycles. The zero-order valence-corrected chi connectivity index (χ0v) is 12.1. The third kappa shape index (κ3) is 4.05. The van der Waals surface area contributed by atoms with Crippen LogP contribution in [-0.4, -0.2) is 30.4 Å². The molecule has 1 aromatic rings. The van der Waals surface area contributed by atoms with Crippen molar-refractivity contribution in [3.63, 3.8) is 0 Å². The van der Waals surface area contributed by atoms with Gasteiger partial charge in [0.2, 0.25) is 5.91 Å². The summed E-state index contributed by atoms with van der Waals surface area (Å²) in [7, 11) is 0. The normalized spacial score (nSPS) is 17.2. The highest BCUT2D eigenvalue weighted by Crippen LogP contribution is 2.16. The monoisotopic (exact) mass is 290 g/mol. The van der Waals surface area contributed by atoms with Crippen LogP contribution in [0.5, 0.6) is 0 Å². The molecule has 6 nitrogen and oxygen atoms in total. The second-order valence-electron chi connectivity index (χ2n) is 5.13. The highest BCUT2D eigenvalue weighted by molar-refractivity contribution is 5.94. The maximum absolute atomic E-state index is 11.8. The number of esters is 1. The van der Waals surface area contributed by atoms with E-state index < -0.39 is 17.9 Å². The van der Waals surface area contributed by atoms with Crippen LogP contribution in [0.3, 0.4) is 0 Å². The predicted molar refractivity (Wildman–Crippen MR) is 76.7 cm³/mol. The number of anilines is 1. The molecule has 1 aliphatic rings. The first-order chi connectivity index (χ1) is 9.95. The number of benzene rings is 1. The molecule has 0 aliphatic carbocycles. The Morgan fingerprint density at radius 2 is 2.14 bits per heavy atom. The lowest BCUT2D eigenvalue weighted by Crippen LogP contribution is -2.36. The molecule has 6 heteroatoms. The van der Waals surface area contributed by atoms with Gasteiger partial charge >= 0.3 is 5.97 Å². The Hall–Kier alpha value is -2.37. The molecule has 0 radical (unpaired) electrons. The summed E-state index contributed by atoms with van der Waals surface area (Å²) in [5.41, 5.74) is 2.74. The fourth-order valence-corrected chi connectivity index (χ4v) is 2.17. The highest BCUT2D eigenvalue weighted by atomic mass is 16.5. The van der Waals surface area contributed by atoms with Gasteiger partial charge in [0.25, 0.3) is 5.91 Å². The smallest absolute Gasteiger partial charge is 0.329 e. The second-order valence-corrected chi connectivity index (χ2v) is 5.13. The highest BCUT2D eigenvalue weighted by Gasteiger charge is 2.28. The molecular formula is C15H18N2O4. The van der Waals surface area contributed by atoms with Gasteiger partial charge in [0.1, 0.15) is 6.04 Å². The van der Waals surface area contributed by atoms with Crippen molar-refractivity contribution < 1.29 is 19.1 Å². The molecule has 1 fully saturated rings. The number of carbonyl (C=O) groups is 3. The van der Waals surface area contributed by atoms with Crippen LogP contribution in [0.25, 0.3) is 0 Å². The predicted octanol–water partition coefficient (Wildman–Crippen LogP) is 1.06. The topological polar surface area (TPSA) is 84.5 Å². The van der Waals surface area contributed by atoms with Crippen LogP contribution >= 0.6 is 0 Å². The van der Waals surface area contributed by atoms with E-state index in [-0.39, 0.29) is 12.5 Å². The fraction of sp³-hybridized carbons (Fsp3) is 0.400. The first kappa shape index (κ1) is 15.0. The van der Waals surface area contributed by atoms with Gasteiger partial charge < -0.3 is 15.4 Å². The Bertz CT molecular complexity index is 583. The zero-order valence-electron chi connectivity index (χ0n) is 12.1. The third-order valence-electron chi connectivity index (χ3n) is 3.28. The quantitative estimate of drug-likeness (QED) is 0.812. The molecule has 0 spiro atoms. The average molecular weight is 290 g/mol. The molecular weight excluding hydrogens is 272 g/mol. The van der Waals surface area contributed by atoms with E-state index in [1.165, 1.54) is 0 Å². The van der Waals surface area contributed by atoms with E-state index in [9.17, 15) is 14.4 Å². The molecule has 1 atom stereocenters. The number of nitrogens with one attached hydrogen (secondary N) is 2.